The summed E-state index contributed by atoms with van der Waals surface area (Å²) in [5.74, 6) is -1.58. The van der Waals surface area contributed by atoms with E-state index in [2.05, 4.69) is 27.9 Å². The van der Waals surface area contributed by atoms with Crippen LogP contribution in [-0.2, 0) is 14.3 Å². The Balaban J connectivity index is 1.25. The van der Waals surface area contributed by atoms with Crippen molar-refractivity contribution in [2.24, 2.45) is 0 Å². The highest BCUT2D eigenvalue weighted by molar-refractivity contribution is 5.93. The maximum absolute atomic E-state index is 12.3. The van der Waals surface area contributed by atoms with Crippen LogP contribution in [0.2, 0.25) is 0 Å². The highest BCUT2D eigenvalue weighted by Gasteiger charge is 2.29. The average molecular weight is 465 g/mol. The van der Waals surface area contributed by atoms with Crippen LogP contribution < -0.4 is 10.6 Å². The second kappa shape index (κ2) is 10.6. The minimum absolute atomic E-state index is 0.0277. The number of anilines is 1. The van der Waals surface area contributed by atoms with E-state index in [1.54, 1.807) is 0 Å². The molecule has 2 aromatic carbocycles. The first-order valence-corrected chi connectivity index (χ1v) is 10.7. The maximum Gasteiger partial charge on any atom is 0.414 e. The summed E-state index contributed by atoms with van der Waals surface area (Å²) in [4.78, 5) is 34.8. The van der Waals surface area contributed by atoms with Gasteiger partial charge in [-0.3, -0.25) is 14.9 Å². The van der Waals surface area contributed by atoms with Gasteiger partial charge in [-0.15, -0.1) is 0 Å². The van der Waals surface area contributed by atoms with Crippen LogP contribution in [0.3, 0.4) is 0 Å². The van der Waals surface area contributed by atoms with E-state index >= 15 is 0 Å². The number of nitrogens with one attached hydrogen (secondary N) is 2. The zero-order valence-electron chi connectivity index (χ0n) is 18.2. The molecule has 0 radical (unpaired) electrons. The topological polar surface area (TPSA) is 140 Å². The van der Waals surface area contributed by atoms with Gasteiger partial charge in [-0.25, -0.2) is 4.79 Å². The molecule has 10 nitrogen and oxygen atoms in total. The Labute approximate surface area is 194 Å². The molecule has 0 spiro atoms. The first-order chi connectivity index (χ1) is 16.5. The molecule has 0 bridgehead atoms. The number of carboxylic acids is 1. The Hall–Kier alpha value is -4.18. The number of amides is 2. The van der Waals surface area contributed by atoms with Gasteiger partial charge in [-0.05, 0) is 22.3 Å². The third-order valence-corrected chi connectivity index (χ3v) is 5.30. The van der Waals surface area contributed by atoms with Gasteiger partial charge in [0, 0.05) is 18.5 Å². The quantitative estimate of drug-likeness (QED) is 0.388. The molecular formula is C24H23N3O7. The summed E-state index contributed by atoms with van der Waals surface area (Å²) in [6, 6.07) is 17.3. The fraction of sp³-hybridized carbons (Fsp3) is 0.250. The molecule has 3 N–H and O–H groups in total. The Morgan fingerprint density at radius 2 is 1.68 bits per heavy atom. The molecule has 0 saturated carbocycles. The fourth-order valence-corrected chi connectivity index (χ4v) is 3.77. The zero-order chi connectivity index (χ0) is 23.9. The number of hydrogen-bond donors (Lipinski definition) is 3. The molecule has 34 heavy (non-hydrogen) atoms. The Kier molecular flexibility index (Phi) is 7.19. The van der Waals surface area contributed by atoms with E-state index < -0.39 is 18.0 Å². The minimum atomic E-state index is -0.955. The van der Waals surface area contributed by atoms with Gasteiger partial charge in [-0.1, -0.05) is 53.7 Å². The van der Waals surface area contributed by atoms with Crippen LogP contribution in [0.5, 0.6) is 0 Å². The van der Waals surface area contributed by atoms with Crippen molar-refractivity contribution in [3.63, 3.8) is 0 Å². The van der Waals surface area contributed by atoms with Gasteiger partial charge in [0.1, 0.15) is 6.61 Å². The number of hydrogen-bond acceptors (Lipinski definition) is 7. The van der Waals surface area contributed by atoms with Gasteiger partial charge in [0.15, 0.2) is 5.69 Å². The number of rotatable bonds is 10. The fourth-order valence-electron chi connectivity index (χ4n) is 3.77. The molecule has 2 amide bonds. The molecule has 176 valence electrons. The highest BCUT2D eigenvalue weighted by Crippen LogP contribution is 2.44. The number of aliphatic carboxylic acids is 1. The molecule has 1 aromatic heterocycles. The molecule has 10 heteroatoms. The van der Waals surface area contributed by atoms with Crippen LogP contribution in [0.1, 0.15) is 34.0 Å². The van der Waals surface area contributed by atoms with Crippen molar-refractivity contribution in [3.8, 4) is 11.1 Å². The average Bonchev–Trinajstić information content (AvgIpc) is 3.42. The smallest absolute Gasteiger partial charge is 0.414 e. The summed E-state index contributed by atoms with van der Waals surface area (Å²) in [6.45, 7) is 0.523. The van der Waals surface area contributed by atoms with Crippen LogP contribution in [0.15, 0.2) is 59.1 Å². The van der Waals surface area contributed by atoms with Crippen molar-refractivity contribution in [2.45, 2.75) is 12.3 Å². The largest absolute Gasteiger partial charge is 0.481 e. The minimum Gasteiger partial charge on any atom is -0.481 e. The van der Waals surface area contributed by atoms with Crippen LogP contribution in [0, 0.1) is 0 Å². The molecule has 1 heterocycles. The molecule has 1 aliphatic carbocycles. The van der Waals surface area contributed by atoms with Gasteiger partial charge < -0.3 is 24.4 Å². The number of nitrogens with zero attached hydrogens (tertiary/aromatic N) is 1. The van der Waals surface area contributed by atoms with Crippen LogP contribution in [0.4, 0.5) is 10.7 Å². The van der Waals surface area contributed by atoms with Gasteiger partial charge in [0.2, 0.25) is 5.88 Å². The van der Waals surface area contributed by atoms with Crippen molar-refractivity contribution >= 4 is 23.9 Å². The molecule has 4 rings (SSSR count). The van der Waals surface area contributed by atoms with E-state index in [1.165, 1.54) is 6.07 Å². The van der Waals surface area contributed by atoms with Crippen LogP contribution >= 0.6 is 0 Å². The van der Waals surface area contributed by atoms with E-state index in [1.807, 2.05) is 36.4 Å². The number of carbonyl (C=O) groups is 3. The van der Waals surface area contributed by atoms with E-state index in [0.717, 1.165) is 22.3 Å². The normalized spacial score (nSPS) is 12.0. The molecule has 1 aliphatic rings. The second-order valence-corrected chi connectivity index (χ2v) is 7.54. The monoisotopic (exact) mass is 465 g/mol. The SMILES string of the molecule is O=C(O)CCOCCNC(=O)c1cc(NC(=O)OCC2c3ccccc3-c3ccccc32)on1. The summed E-state index contributed by atoms with van der Waals surface area (Å²) in [7, 11) is 0. The predicted octanol–water partition coefficient (Wildman–Crippen LogP) is 3.26. The Bertz CT molecular complexity index is 1150. The zero-order valence-corrected chi connectivity index (χ0v) is 18.2. The molecular weight excluding hydrogens is 442 g/mol. The third-order valence-electron chi connectivity index (χ3n) is 5.30. The number of aromatic nitrogens is 1. The maximum atomic E-state index is 12.3. The van der Waals surface area contributed by atoms with E-state index in [0.29, 0.717) is 0 Å². The molecule has 3 aromatic rings. The highest BCUT2D eigenvalue weighted by atomic mass is 16.6. The lowest BCUT2D eigenvalue weighted by atomic mass is 9.98. The van der Waals surface area contributed by atoms with E-state index in [-0.39, 0.29) is 50.3 Å². The first kappa shape index (κ1) is 23.0. The summed E-state index contributed by atoms with van der Waals surface area (Å²) in [5.41, 5.74) is 4.43. The Morgan fingerprint density at radius 3 is 2.35 bits per heavy atom. The van der Waals surface area contributed by atoms with Crippen LogP contribution in [0.25, 0.3) is 11.1 Å². The van der Waals surface area contributed by atoms with Crippen molar-refractivity contribution in [1.29, 1.82) is 0 Å². The van der Waals surface area contributed by atoms with E-state index in [9.17, 15) is 14.4 Å². The first-order valence-electron chi connectivity index (χ1n) is 10.7. The van der Waals surface area contributed by atoms with Gasteiger partial charge in [0.25, 0.3) is 5.91 Å². The summed E-state index contributed by atoms with van der Waals surface area (Å²) < 4.78 is 15.5. The van der Waals surface area contributed by atoms with Gasteiger partial charge in [0.05, 0.1) is 19.6 Å². The molecule has 0 fully saturated rings. The van der Waals surface area contributed by atoms with Gasteiger partial charge in [-0.2, -0.15) is 0 Å². The molecule has 0 saturated heterocycles. The van der Waals surface area contributed by atoms with Crippen molar-refractivity contribution in [1.82, 2.24) is 10.5 Å². The standard InChI is InChI=1S/C24H23N3O7/c28-22(29)9-11-32-12-10-25-23(30)20-13-21(34-27-20)26-24(31)33-14-19-17-7-3-1-5-15(17)16-6-2-4-8-18(16)19/h1-8,13,19H,9-12,14H2,(H,25,30)(H,26,31)(H,28,29). The lowest BCUT2D eigenvalue weighted by molar-refractivity contribution is -0.138. The molecule has 0 unspecified atom stereocenters. The van der Waals surface area contributed by atoms with Crippen molar-refractivity contribution in [2.75, 3.05) is 31.7 Å². The number of ether oxygens (including phenoxy) is 2. The molecule has 0 atom stereocenters. The summed E-state index contributed by atoms with van der Waals surface area (Å²) >= 11 is 0. The number of fused-ring (bicyclic) bond motifs is 3. The van der Waals surface area contributed by atoms with E-state index in [4.69, 9.17) is 19.1 Å². The number of carbonyl (C=O) groups excluding carboxylic acids is 2. The lowest BCUT2D eigenvalue weighted by Gasteiger charge is -2.13. The predicted molar refractivity (Wildman–Crippen MR) is 121 cm³/mol. The molecule has 0 aliphatic heterocycles. The van der Waals surface area contributed by atoms with Crippen molar-refractivity contribution < 1.29 is 33.5 Å². The Morgan fingerprint density at radius 1 is 1.00 bits per heavy atom. The van der Waals surface area contributed by atoms with Crippen molar-refractivity contribution in [3.05, 3.63) is 71.4 Å². The summed E-state index contributed by atoms with van der Waals surface area (Å²) in [6.07, 6.45) is -0.834. The number of benzene rings is 2. The van der Waals surface area contributed by atoms with Crippen LogP contribution in [-0.4, -0.2) is 54.6 Å². The third kappa shape index (κ3) is 5.41. The van der Waals surface area contributed by atoms with Gasteiger partial charge >= 0.3 is 12.1 Å². The number of carboxylic acid groups (broad SMARTS) is 1. The second-order valence-electron chi connectivity index (χ2n) is 7.54. The summed E-state index contributed by atoms with van der Waals surface area (Å²) in [5, 5.41) is 17.2. The lowest BCUT2D eigenvalue weighted by Crippen LogP contribution is -2.27.